The first kappa shape index (κ1) is 11.3. The molecule has 6 heteroatoms. The van der Waals surface area contributed by atoms with Gasteiger partial charge >= 0.3 is 0 Å². The molecule has 2 rings (SSSR count). The number of hydrogen-bond acceptors (Lipinski definition) is 6. The van der Waals surface area contributed by atoms with Gasteiger partial charge in [-0.2, -0.15) is 0 Å². The smallest absolute Gasteiger partial charge is 0.0995 e. The molecule has 6 atom stereocenters. The monoisotopic (exact) mass is 219 g/mol. The molecule has 0 aliphatic carbocycles. The number of aliphatic hydroxyl groups is 5. The van der Waals surface area contributed by atoms with Crippen LogP contribution in [0.1, 0.15) is 6.42 Å². The molecule has 0 radical (unpaired) electrons. The summed E-state index contributed by atoms with van der Waals surface area (Å²) >= 11 is 0. The zero-order valence-electron chi connectivity index (χ0n) is 8.27. The van der Waals surface area contributed by atoms with E-state index in [-0.39, 0.29) is 19.3 Å². The fourth-order valence-electron chi connectivity index (χ4n) is 2.85. The van der Waals surface area contributed by atoms with Gasteiger partial charge in [-0.3, -0.25) is 4.90 Å². The maximum Gasteiger partial charge on any atom is 0.0995 e. The van der Waals surface area contributed by atoms with E-state index >= 15 is 0 Å². The highest BCUT2D eigenvalue weighted by atomic mass is 16.3. The lowest BCUT2D eigenvalue weighted by atomic mass is 10.0. The van der Waals surface area contributed by atoms with Crippen molar-refractivity contribution in [3.05, 3.63) is 0 Å². The standard InChI is InChI=1S/C9H17NO5/c11-2-4-1-6(13)7-9(15)8(14)5(3-12)10(4)7/h4-9,11-15H,1-3H2/t4-,5+,6-,7+,8+,9-/m1/s1. The van der Waals surface area contributed by atoms with Crippen LogP contribution in [0.25, 0.3) is 0 Å². The van der Waals surface area contributed by atoms with E-state index in [9.17, 15) is 15.3 Å². The SMILES string of the molecule is OC[C@H]1C[C@@H](O)[C@H]2[C@@H](O)[C@@H](O)[C@H](CO)N12. The Labute approximate surface area is 87.4 Å². The molecule has 2 saturated heterocycles. The Morgan fingerprint density at radius 1 is 1.00 bits per heavy atom. The van der Waals surface area contributed by atoms with Crippen molar-refractivity contribution in [2.75, 3.05) is 13.2 Å². The summed E-state index contributed by atoms with van der Waals surface area (Å²) in [6.07, 6.45) is -2.53. The zero-order chi connectivity index (χ0) is 11.2. The van der Waals surface area contributed by atoms with E-state index in [0.717, 1.165) is 0 Å². The number of nitrogens with zero attached hydrogens (tertiary/aromatic N) is 1. The van der Waals surface area contributed by atoms with Crippen molar-refractivity contribution in [1.29, 1.82) is 0 Å². The first-order valence-corrected chi connectivity index (χ1v) is 5.15. The Morgan fingerprint density at radius 3 is 2.20 bits per heavy atom. The van der Waals surface area contributed by atoms with Crippen molar-refractivity contribution in [2.45, 2.75) is 42.9 Å². The second-order valence-corrected chi connectivity index (χ2v) is 4.31. The van der Waals surface area contributed by atoms with Crippen LogP contribution in [0, 0.1) is 0 Å². The molecule has 0 aromatic rings. The molecule has 0 amide bonds. The van der Waals surface area contributed by atoms with E-state index in [1.807, 2.05) is 0 Å². The number of aliphatic hydroxyl groups excluding tert-OH is 5. The Hall–Kier alpha value is -0.240. The molecule has 0 aromatic heterocycles. The summed E-state index contributed by atoms with van der Waals surface area (Å²) in [6, 6.07) is -1.47. The zero-order valence-corrected chi connectivity index (χ0v) is 8.27. The van der Waals surface area contributed by atoms with Crippen molar-refractivity contribution in [2.24, 2.45) is 0 Å². The summed E-state index contributed by atoms with van der Waals surface area (Å²) < 4.78 is 0. The maximum absolute atomic E-state index is 9.71. The topological polar surface area (TPSA) is 104 Å². The van der Waals surface area contributed by atoms with Gasteiger partial charge in [-0.25, -0.2) is 0 Å². The van der Waals surface area contributed by atoms with Crippen molar-refractivity contribution in [3.63, 3.8) is 0 Å². The molecule has 2 aliphatic rings. The van der Waals surface area contributed by atoms with E-state index < -0.39 is 30.4 Å². The van der Waals surface area contributed by atoms with Crippen LogP contribution in [0.5, 0.6) is 0 Å². The van der Waals surface area contributed by atoms with Gasteiger partial charge in [-0.15, -0.1) is 0 Å². The maximum atomic E-state index is 9.71. The van der Waals surface area contributed by atoms with E-state index in [1.165, 1.54) is 0 Å². The van der Waals surface area contributed by atoms with Crippen LogP contribution in [-0.4, -0.2) is 80.1 Å². The average Bonchev–Trinajstić information content (AvgIpc) is 2.67. The van der Waals surface area contributed by atoms with Gasteiger partial charge in [-0.1, -0.05) is 0 Å². The molecule has 5 N–H and O–H groups in total. The number of hydrogen-bond donors (Lipinski definition) is 5. The summed E-state index contributed by atoms with van der Waals surface area (Å²) in [7, 11) is 0. The summed E-state index contributed by atoms with van der Waals surface area (Å²) in [5, 5.41) is 47.3. The lowest BCUT2D eigenvalue weighted by Crippen LogP contribution is -2.45. The molecule has 6 nitrogen and oxygen atoms in total. The van der Waals surface area contributed by atoms with E-state index in [2.05, 4.69) is 0 Å². The molecule has 0 saturated carbocycles. The largest absolute Gasteiger partial charge is 0.395 e. The Kier molecular flexibility index (Phi) is 2.98. The molecule has 0 unspecified atom stereocenters. The van der Waals surface area contributed by atoms with Crippen molar-refractivity contribution >= 4 is 0 Å². The Morgan fingerprint density at radius 2 is 1.67 bits per heavy atom. The normalized spacial score (nSPS) is 51.0. The third-order valence-electron chi connectivity index (χ3n) is 3.55. The molecule has 2 heterocycles. The average molecular weight is 219 g/mol. The highest BCUT2D eigenvalue weighted by Crippen LogP contribution is 2.37. The summed E-state index contributed by atoms with van der Waals surface area (Å²) in [6.45, 7) is -0.443. The van der Waals surface area contributed by atoms with Crippen LogP contribution in [0.4, 0.5) is 0 Å². The lowest BCUT2D eigenvalue weighted by Gasteiger charge is -2.28. The second kappa shape index (κ2) is 3.97. The Balaban J connectivity index is 2.24. The molecule has 0 spiro atoms. The van der Waals surface area contributed by atoms with Crippen LogP contribution in [0.2, 0.25) is 0 Å². The second-order valence-electron chi connectivity index (χ2n) is 4.31. The minimum absolute atomic E-state index is 0.149. The van der Waals surface area contributed by atoms with Gasteiger partial charge < -0.3 is 25.5 Å². The van der Waals surface area contributed by atoms with Gasteiger partial charge in [0, 0.05) is 6.04 Å². The number of rotatable bonds is 2. The third kappa shape index (κ3) is 1.49. The fourth-order valence-corrected chi connectivity index (χ4v) is 2.85. The molecule has 88 valence electrons. The van der Waals surface area contributed by atoms with Gasteiger partial charge in [0.2, 0.25) is 0 Å². The highest BCUT2D eigenvalue weighted by molar-refractivity contribution is 5.10. The fraction of sp³-hybridized carbons (Fsp3) is 1.00. The van der Waals surface area contributed by atoms with Gasteiger partial charge in [0.05, 0.1) is 43.6 Å². The third-order valence-corrected chi connectivity index (χ3v) is 3.55. The summed E-state index contributed by atoms with van der Waals surface area (Å²) in [5.74, 6) is 0. The highest BCUT2D eigenvalue weighted by Gasteiger charge is 2.56. The Bertz CT molecular complexity index is 239. The quantitative estimate of drug-likeness (QED) is 0.336. The van der Waals surface area contributed by atoms with Crippen molar-refractivity contribution in [3.8, 4) is 0 Å². The van der Waals surface area contributed by atoms with Gasteiger partial charge in [-0.05, 0) is 6.42 Å². The van der Waals surface area contributed by atoms with Crippen LogP contribution in [-0.2, 0) is 0 Å². The summed E-state index contributed by atoms with van der Waals surface area (Å²) in [5.41, 5.74) is 0. The summed E-state index contributed by atoms with van der Waals surface area (Å²) in [4.78, 5) is 1.64. The molecule has 2 fully saturated rings. The molecule has 0 aromatic carbocycles. The van der Waals surface area contributed by atoms with Crippen LogP contribution in [0.3, 0.4) is 0 Å². The lowest BCUT2D eigenvalue weighted by molar-refractivity contribution is -0.00253. The molecular formula is C9H17NO5. The van der Waals surface area contributed by atoms with E-state index in [4.69, 9.17) is 10.2 Å². The first-order chi connectivity index (χ1) is 7.11. The van der Waals surface area contributed by atoms with Crippen LogP contribution in [0.15, 0.2) is 0 Å². The molecule has 15 heavy (non-hydrogen) atoms. The van der Waals surface area contributed by atoms with E-state index in [1.54, 1.807) is 4.90 Å². The van der Waals surface area contributed by atoms with Crippen LogP contribution < -0.4 is 0 Å². The van der Waals surface area contributed by atoms with Gasteiger partial charge in [0.15, 0.2) is 0 Å². The first-order valence-electron chi connectivity index (χ1n) is 5.15. The molecular weight excluding hydrogens is 202 g/mol. The number of fused-ring (bicyclic) bond motifs is 1. The van der Waals surface area contributed by atoms with Crippen molar-refractivity contribution < 1.29 is 25.5 Å². The predicted molar refractivity (Wildman–Crippen MR) is 50.0 cm³/mol. The minimum atomic E-state index is -1.07. The van der Waals surface area contributed by atoms with E-state index in [0.29, 0.717) is 6.42 Å². The minimum Gasteiger partial charge on any atom is -0.395 e. The van der Waals surface area contributed by atoms with Crippen LogP contribution >= 0.6 is 0 Å². The molecule has 2 aliphatic heterocycles. The van der Waals surface area contributed by atoms with Gasteiger partial charge in [0.25, 0.3) is 0 Å². The van der Waals surface area contributed by atoms with Crippen molar-refractivity contribution in [1.82, 2.24) is 4.90 Å². The molecule has 0 bridgehead atoms. The predicted octanol–water partition coefficient (Wildman–Crippen LogP) is -3.12. The van der Waals surface area contributed by atoms with Gasteiger partial charge in [0.1, 0.15) is 0 Å².